The van der Waals surface area contributed by atoms with Crippen molar-refractivity contribution in [3.8, 4) is 5.69 Å². The monoisotopic (exact) mass is 381 g/mol. The van der Waals surface area contributed by atoms with Gasteiger partial charge in [-0.15, -0.1) is 0 Å². The molecule has 0 N–H and O–H groups in total. The molecule has 0 amide bonds. The number of hydrogen-bond acceptors (Lipinski definition) is 3. The molecule has 1 saturated heterocycles. The normalized spacial score (nSPS) is 16.0. The molecule has 0 saturated carbocycles. The van der Waals surface area contributed by atoms with Crippen LogP contribution in [-0.2, 0) is 6.54 Å². The van der Waals surface area contributed by atoms with Crippen molar-refractivity contribution in [3.05, 3.63) is 64.5 Å². The summed E-state index contributed by atoms with van der Waals surface area (Å²) in [6, 6.07) is 9.17. The van der Waals surface area contributed by atoms with Crippen molar-refractivity contribution >= 4 is 0 Å². The molecule has 1 aromatic carbocycles. The molecule has 1 aliphatic rings. The fourth-order valence-corrected chi connectivity index (χ4v) is 4.30. The van der Waals surface area contributed by atoms with E-state index in [-0.39, 0.29) is 5.82 Å². The molecule has 5 nitrogen and oxygen atoms in total. The number of piperidine rings is 1. The van der Waals surface area contributed by atoms with Crippen molar-refractivity contribution in [2.45, 2.75) is 53.1 Å². The summed E-state index contributed by atoms with van der Waals surface area (Å²) in [5.41, 5.74) is 6.69. The zero-order chi connectivity index (χ0) is 19.8. The lowest BCUT2D eigenvalue weighted by molar-refractivity contribution is 0.171. The number of nitrogens with zero attached hydrogens (tertiary/aromatic N) is 5. The Bertz CT molecular complexity index is 962. The average Bonchev–Trinajstić information content (AvgIpc) is 3.16. The number of rotatable bonds is 4. The van der Waals surface area contributed by atoms with Crippen molar-refractivity contribution in [1.29, 1.82) is 0 Å². The first kappa shape index (κ1) is 18.9. The van der Waals surface area contributed by atoms with E-state index in [2.05, 4.69) is 48.4 Å². The Morgan fingerprint density at radius 3 is 2.29 bits per heavy atom. The van der Waals surface area contributed by atoms with E-state index in [9.17, 15) is 4.39 Å². The van der Waals surface area contributed by atoms with Crippen LogP contribution in [0.5, 0.6) is 0 Å². The number of hydrogen-bond donors (Lipinski definition) is 0. The first-order chi connectivity index (χ1) is 13.4. The molecule has 4 rings (SSSR count). The summed E-state index contributed by atoms with van der Waals surface area (Å²) in [6.07, 6.45) is 2.23. The molecule has 148 valence electrons. The predicted octanol–water partition coefficient (Wildman–Crippen LogP) is 4.28. The summed E-state index contributed by atoms with van der Waals surface area (Å²) in [6.45, 7) is 11.4. The lowest BCUT2D eigenvalue weighted by Crippen LogP contribution is -2.35. The highest BCUT2D eigenvalue weighted by molar-refractivity contribution is 5.37. The third kappa shape index (κ3) is 3.61. The molecule has 2 aromatic heterocycles. The van der Waals surface area contributed by atoms with Crippen molar-refractivity contribution < 1.29 is 4.39 Å². The van der Waals surface area contributed by atoms with Crippen LogP contribution < -0.4 is 0 Å². The zero-order valence-electron chi connectivity index (χ0n) is 17.1. The molecule has 1 aliphatic heterocycles. The number of likely N-dealkylation sites (tertiary alicyclic amines) is 1. The van der Waals surface area contributed by atoms with Gasteiger partial charge in [-0.2, -0.15) is 10.2 Å². The van der Waals surface area contributed by atoms with Gasteiger partial charge in [0, 0.05) is 36.6 Å². The first-order valence-electron chi connectivity index (χ1n) is 9.98. The van der Waals surface area contributed by atoms with Gasteiger partial charge < -0.3 is 0 Å². The minimum absolute atomic E-state index is 0.226. The number of aryl methyl sites for hydroxylation is 3. The molecule has 0 bridgehead atoms. The average molecular weight is 381 g/mol. The summed E-state index contributed by atoms with van der Waals surface area (Å²) in [5.74, 6) is -0.226. The standard InChI is InChI=1S/C22H28FN5/c1-15-13-16(2)27(24-15)21-9-11-26(12-10-21)14-22-17(3)25-28(18(22)4)20-7-5-19(23)6-8-20/h5-8,13,21H,9-12,14H2,1-4H3. The molecule has 1 fully saturated rings. The van der Waals surface area contributed by atoms with Gasteiger partial charge in [0.2, 0.25) is 0 Å². The molecule has 3 aromatic rings. The van der Waals surface area contributed by atoms with Gasteiger partial charge in [-0.3, -0.25) is 9.58 Å². The Labute approximate surface area is 165 Å². The van der Waals surface area contributed by atoms with Crippen LogP contribution in [0.1, 0.15) is 47.2 Å². The maximum Gasteiger partial charge on any atom is 0.123 e. The Morgan fingerprint density at radius 2 is 1.68 bits per heavy atom. The summed E-state index contributed by atoms with van der Waals surface area (Å²) < 4.78 is 17.4. The van der Waals surface area contributed by atoms with Gasteiger partial charge in [-0.25, -0.2) is 9.07 Å². The van der Waals surface area contributed by atoms with E-state index in [1.807, 2.05) is 4.68 Å². The van der Waals surface area contributed by atoms with Crippen molar-refractivity contribution in [3.63, 3.8) is 0 Å². The van der Waals surface area contributed by atoms with Gasteiger partial charge in [0.1, 0.15) is 5.82 Å². The van der Waals surface area contributed by atoms with Crippen LogP contribution in [0.15, 0.2) is 30.3 Å². The molecule has 0 spiro atoms. The third-order valence-electron chi connectivity index (χ3n) is 5.84. The number of aromatic nitrogens is 4. The molecule has 3 heterocycles. The SMILES string of the molecule is Cc1cc(C)n(C2CCN(Cc3c(C)nn(-c4ccc(F)cc4)c3C)CC2)n1. The molecule has 6 heteroatoms. The van der Waals surface area contributed by atoms with Gasteiger partial charge in [0.05, 0.1) is 23.1 Å². The maximum atomic E-state index is 13.2. The maximum absolute atomic E-state index is 13.2. The Balaban J connectivity index is 1.45. The third-order valence-corrected chi connectivity index (χ3v) is 5.84. The highest BCUT2D eigenvalue weighted by Crippen LogP contribution is 2.26. The number of benzene rings is 1. The minimum atomic E-state index is -0.226. The van der Waals surface area contributed by atoms with Crippen LogP contribution in [0.2, 0.25) is 0 Å². The van der Waals surface area contributed by atoms with E-state index in [1.54, 1.807) is 12.1 Å². The summed E-state index contributed by atoms with van der Waals surface area (Å²) in [7, 11) is 0. The van der Waals surface area contributed by atoms with Gasteiger partial charge in [0.15, 0.2) is 0 Å². The lowest BCUT2D eigenvalue weighted by atomic mass is 10.0. The van der Waals surface area contributed by atoms with Gasteiger partial charge >= 0.3 is 0 Å². The van der Waals surface area contributed by atoms with E-state index in [0.717, 1.165) is 55.2 Å². The van der Waals surface area contributed by atoms with Gasteiger partial charge in [-0.05, 0) is 70.9 Å². The van der Waals surface area contributed by atoms with Crippen LogP contribution >= 0.6 is 0 Å². The second-order valence-corrected chi connectivity index (χ2v) is 7.92. The number of halogens is 1. The van der Waals surface area contributed by atoms with Gasteiger partial charge in [-0.1, -0.05) is 0 Å². The van der Waals surface area contributed by atoms with E-state index in [4.69, 9.17) is 5.10 Å². The van der Waals surface area contributed by atoms with E-state index < -0.39 is 0 Å². The largest absolute Gasteiger partial charge is 0.299 e. The van der Waals surface area contributed by atoms with Crippen molar-refractivity contribution in [2.24, 2.45) is 0 Å². The Morgan fingerprint density at radius 1 is 1.00 bits per heavy atom. The topological polar surface area (TPSA) is 38.9 Å². The van der Waals surface area contributed by atoms with Crippen molar-refractivity contribution in [1.82, 2.24) is 24.5 Å². The molecule has 0 radical (unpaired) electrons. The van der Waals surface area contributed by atoms with E-state index in [0.29, 0.717) is 6.04 Å². The lowest BCUT2D eigenvalue weighted by Gasteiger charge is -2.32. The predicted molar refractivity (Wildman–Crippen MR) is 108 cm³/mol. The fourth-order valence-electron chi connectivity index (χ4n) is 4.30. The smallest absolute Gasteiger partial charge is 0.123 e. The highest BCUT2D eigenvalue weighted by Gasteiger charge is 2.24. The summed E-state index contributed by atoms with van der Waals surface area (Å²) >= 11 is 0. The molecular weight excluding hydrogens is 353 g/mol. The van der Waals surface area contributed by atoms with Crippen molar-refractivity contribution in [2.75, 3.05) is 13.1 Å². The van der Waals surface area contributed by atoms with Gasteiger partial charge in [0.25, 0.3) is 0 Å². The first-order valence-corrected chi connectivity index (χ1v) is 9.98. The highest BCUT2D eigenvalue weighted by atomic mass is 19.1. The molecular formula is C22H28FN5. The minimum Gasteiger partial charge on any atom is -0.299 e. The second kappa shape index (κ2) is 7.51. The summed E-state index contributed by atoms with van der Waals surface area (Å²) in [5, 5.41) is 9.38. The van der Waals surface area contributed by atoms with E-state index >= 15 is 0 Å². The Hall–Kier alpha value is -2.47. The molecule has 0 atom stereocenters. The molecule has 28 heavy (non-hydrogen) atoms. The van der Waals surface area contributed by atoms with Crippen LogP contribution in [0.3, 0.4) is 0 Å². The molecule has 0 aliphatic carbocycles. The van der Waals surface area contributed by atoms with E-state index in [1.165, 1.54) is 23.4 Å². The zero-order valence-corrected chi connectivity index (χ0v) is 17.1. The van der Waals surface area contributed by atoms with Crippen LogP contribution in [0, 0.1) is 33.5 Å². The van der Waals surface area contributed by atoms with Crippen LogP contribution in [-0.4, -0.2) is 37.6 Å². The molecule has 0 unspecified atom stereocenters. The summed E-state index contributed by atoms with van der Waals surface area (Å²) in [4.78, 5) is 2.51. The fraction of sp³-hybridized carbons (Fsp3) is 0.455. The van der Waals surface area contributed by atoms with Crippen LogP contribution in [0.25, 0.3) is 5.69 Å². The van der Waals surface area contributed by atoms with Crippen LogP contribution in [0.4, 0.5) is 4.39 Å². The second-order valence-electron chi connectivity index (χ2n) is 7.92. The quantitative estimate of drug-likeness (QED) is 0.677. The Kier molecular flexibility index (Phi) is 5.06.